The molecule has 7 heteroatoms. The molecule has 1 aliphatic heterocycles. The highest BCUT2D eigenvalue weighted by molar-refractivity contribution is 5.81. The van der Waals surface area contributed by atoms with Gasteiger partial charge in [0.05, 0.1) is 5.92 Å². The first-order valence-electron chi connectivity index (χ1n) is 5.80. The topological polar surface area (TPSA) is 87.7 Å². The lowest BCUT2D eigenvalue weighted by atomic mass is 10.1. The van der Waals surface area contributed by atoms with Gasteiger partial charge >= 0.3 is 6.09 Å². The van der Waals surface area contributed by atoms with Gasteiger partial charge in [-0.25, -0.2) is 4.79 Å². The summed E-state index contributed by atoms with van der Waals surface area (Å²) in [6, 6.07) is 0. The van der Waals surface area contributed by atoms with Crippen LogP contribution in [0, 0.1) is 5.92 Å². The molecule has 18 heavy (non-hydrogen) atoms. The smallest absolute Gasteiger partial charge is 0.410 e. The van der Waals surface area contributed by atoms with Gasteiger partial charge in [0.1, 0.15) is 5.60 Å². The summed E-state index contributed by atoms with van der Waals surface area (Å²) in [4.78, 5) is 34.8. The maximum absolute atomic E-state index is 11.7. The first kappa shape index (κ1) is 14.3. The largest absolute Gasteiger partial charge is 0.444 e. The van der Waals surface area contributed by atoms with E-state index in [1.54, 1.807) is 20.8 Å². The molecule has 1 heterocycles. The van der Waals surface area contributed by atoms with Gasteiger partial charge in [0.15, 0.2) is 0 Å². The number of hydrogen-bond acceptors (Lipinski definition) is 4. The first-order valence-corrected chi connectivity index (χ1v) is 5.80. The predicted molar refractivity (Wildman–Crippen MR) is 63.3 cm³/mol. The lowest BCUT2D eigenvalue weighted by Crippen LogP contribution is -2.42. The number of carbonyl (C=O) groups excluding carboxylic acids is 3. The van der Waals surface area contributed by atoms with Crippen LogP contribution in [0.25, 0.3) is 0 Å². The average Bonchev–Trinajstić information content (AvgIpc) is 2.72. The number of amides is 3. The molecule has 0 aromatic heterocycles. The van der Waals surface area contributed by atoms with Crippen LogP contribution in [0.3, 0.4) is 0 Å². The molecular formula is C11H19N3O4. The van der Waals surface area contributed by atoms with Gasteiger partial charge in [-0.05, 0) is 27.2 Å². The third kappa shape index (κ3) is 4.23. The second-order valence-electron chi connectivity index (χ2n) is 5.16. The van der Waals surface area contributed by atoms with E-state index in [2.05, 4.69) is 10.9 Å². The molecule has 1 rings (SSSR count). The highest BCUT2D eigenvalue weighted by atomic mass is 16.6. The average molecular weight is 257 g/mol. The maximum atomic E-state index is 11.7. The third-order valence-corrected chi connectivity index (χ3v) is 2.47. The number of nitrogens with one attached hydrogen (secondary N) is 2. The summed E-state index contributed by atoms with van der Waals surface area (Å²) in [6.07, 6.45) is 0.533. The predicted octanol–water partition coefficient (Wildman–Crippen LogP) is 0.0206. The van der Waals surface area contributed by atoms with Crippen LogP contribution < -0.4 is 10.9 Å². The van der Waals surface area contributed by atoms with Crippen molar-refractivity contribution in [3.05, 3.63) is 0 Å². The summed E-state index contributed by atoms with van der Waals surface area (Å²) in [5, 5.41) is 0. The Morgan fingerprint density at radius 1 is 1.39 bits per heavy atom. The van der Waals surface area contributed by atoms with Crippen molar-refractivity contribution in [2.24, 2.45) is 5.92 Å². The Morgan fingerprint density at radius 2 is 2.06 bits per heavy atom. The van der Waals surface area contributed by atoms with Crippen molar-refractivity contribution in [3.63, 3.8) is 0 Å². The Bertz CT molecular complexity index is 338. The van der Waals surface area contributed by atoms with E-state index in [4.69, 9.17) is 4.74 Å². The van der Waals surface area contributed by atoms with E-state index in [9.17, 15) is 14.4 Å². The van der Waals surface area contributed by atoms with Crippen molar-refractivity contribution in [1.82, 2.24) is 15.8 Å². The van der Waals surface area contributed by atoms with Crippen molar-refractivity contribution in [1.29, 1.82) is 0 Å². The molecule has 1 aliphatic rings. The fraction of sp³-hybridized carbons (Fsp3) is 0.727. The Morgan fingerprint density at radius 3 is 2.61 bits per heavy atom. The molecule has 102 valence electrons. The van der Waals surface area contributed by atoms with E-state index in [1.807, 2.05) is 0 Å². The number of carbonyl (C=O) groups is 3. The lowest BCUT2D eigenvalue weighted by molar-refractivity contribution is -0.127. The quantitative estimate of drug-likeness (QED) is 0.551. The zero-order valence-corrected chi connectivity index (χ0v) is 10.9. The second-order valence-corrected chi connectivity index (χ2v) is 5.16. The number of hydrogen-bond donors (Lipinski definition) is 2. The lowest BCUT2D eigenvalue weighted by Gasteiger charge is -2.24. The number of rotatable bonds is 3. The van der Waals surface area contributed by atoms with Crippen LogP contribution >= 0.6 is 0 Å². The Labute approximate surface area is 106 Å². The van der Waals surface area contributed by atoms with E-state index in [0.29, 0.717) is 25.9 Å². The molecule has 0 aliphatic carbocycles. The van der Waals surface area contributed by atoms with Gasteiger partial charge in [-0.15, -0.1) is 0 Å². The molecule has 1 saturated heterocycles. The van der Waals surface area contributed by atoms with Crippen molar-refractivity contribution >= 4 is 18.4 Å². The molecule has 0 aromatic rings. The van der Waals surface area contributed by atoms with Crippen LogP contribution in [0.15, 0.2) is 0 Å². The van der Waals surface area contributed by atoms with Crippen LogP contribution in [-0.4, -0.2) is 42.0 Å². The first-order chi connectivity index (χ1) is 8.33. The van der Waals surface area contributed by atoms with E-state index in [-0.39, 0.29) is 11.8 Å². The molecule has 0 aromatic carbocycles. The number of ether oxygens (including phenoxy) is 1. The zero-order valence-electron chi connectivity index (χ0n) is 10.9. The standard InChI is InChI=1S/C11H19N3O4/c1-11(2,3)18-10(17)14-5-4-8(6-14)9(16)13-12-7-15/h7-8H,4-6H2,1-3H3,(H,12,15)(H,13,16). The summed E-state index contributed by atoms with van der Waals surface area (Å²) in [5.41, 5.74) is 3.79. The van der Waals surface area contributed by atoms with E-state index in [1.165, 1.54) is 4.90 Å². The van der Waals surface area contributed by atoms with Crippen molar-refractivity contribution in [2.75, 3.05) is 13.1 Å². The molecule has 1 atom stereocenters. The number of hydrazine groups is 1. The summed E-state index contributed by atoms with van der Waals surface area (Å²) in [7, 11) is 0. The van der Waals surface area contributed by atoms with Gasteiger partial charge in [-0.1, -0.05) is 0 Å². The van der Waals surface area contributed by atoms with Gasteiger partial charge in [0.25, 0.3) is 0 Å². The van der Waals surface area contributed by atoms with Crippen LogP contribution in [0.1, 0.15) is 27.2 Å². The molecule has 0 spiro atoms. The van der Waals surface area contributed by atoms with Crippen LogP contribution in [0.2, 0.25) is 0 Å². The molecule has 2 N–H and O–H groups in total. The summed E-state index contributed by atoms with van der Waals surface area (Å²) >= 11 is 0. The Hall–Kier alpha value is -1.79. The molecule has 3 amide bonds. The molecular weight excluding hydrogens is 238 g/mol. The molecule has 0 radical (unpaired) electrons. The zero-order chi connectivity index (χ0) is 13.8. The Balaban J connectivity index is 2.43. The molecule has 0 saturated carbocycles. The Kier molecular flexibility index (Phi) is 4.52. The van der Waals surface area contributed by atoms with E-state index < -0.39 is 11.7 Å². The van der Waals surface area contributed by atoms with Crippen LogP contribution in [0.4, 0.5) is 4.79 Å². The van der Waals surface area contributed by atoms with Gasteiger partial charge in [-0.3, -0.25) is 20.4 Å². The second kappa shape index (κ2) is 5.70. The fourth-order valence-electron chi connectivity index (χ4n) is 1.67. The number of likely N-dealkylation sites (tertiary alicyclic amines) is 1. The van der Waals surface area contributed by atoms with Crippen LogP contribution in [0.5, 0.6) is 0 Å². The molecule has 0 bridgehead atoms. The highest BCUT2D eigenvalue weighted by Gasteiger charge is 2.33. The molecule has 1 fully saturated rings. The minimum Gasteiger partial charge on any atom is -0.444 e. The maximum Gasteiger partial charge on any atom is 0.410 e. The van der Waals surface area contributed by atoms with Gasteiger partial charge in [-0.2, -0.15) is 0 Å². The normalized spacial score (nSPS) is 19.3. The SMILES string of the molecule is CC(C)(C)OC(=O)N1CCC(C(=O)NNC=O)C1. The van der Waals surface area contributed by atoms with Gasteiger partial charge in [0.2, 0.25) is 12.3 Å². The monoisotopic (exact) mass is 257 g/mol. The summed E-state index contributed by atoms with van der Waals surface area (Å²) in [6.45, 7) is 6.16. The van der Waals surface area contributed by atoms with Crippen molar-refractivity contribution in [2.45, 2.75) is 32.8 Å². The van der Waals surface area contributed by atoms with Gasteiger partial charge < -0.3 is 9.64 Å². The van der Waals surface area contributed by atoms with Crippen molar-refractivity contribution in [3.8, 4) is 0 Å². The minimum absolute atomic E-state index is 0.298. The third-order valence-electron chi connectivity index (χ3n) is 2.47. The van der Waals surface area contributed by atoms with E-state index in [0.717, 1.165) is 0 Å². The summed E-state index contributed by atoms with van der Waals surface area (Å²) < 4.78 is 5.21. The highest BCUT2D eigenvalue weighted by Crippen LogP contribution is 2.19. The number of nitrogens with zero attached hydrogens (tertiary/aromatic N) is 1. The van der Waals surface area contributed by atoms with E-state index >= 15 is 0 Å². The summed E-state index contributed by atoms with van der Waals surface area (Å²) in [5.74, 6) is -0.613. The van der Waals surface area contributed by atoms with Gasteiger partial charge in [0, 0.05) is 13.1 Å². The molecule has 7 nitrogen and oxygen atoms in total. The molecule has 1 unspecified atom stereocenters. The minimum atomic E-state index is -0.545. The van der Waals surface area contributed by atoms with Crippen LogP contribution in [-0.2, 0) is 14.3 Å². The van der Waals surface area contributed by atoms with Crippen molar-refractivity contribution < 1.29 is 19.1 Å². The fourth-order valence-corrected chi connectivity index (χ4v) is 1.67.